The van der Waals surface area contributed by atoms with Crippen molar-refractivity contribution in [2.45, 2.75) is 55.9 Å². The average molecular weight is 464 g/mol. The number of benzene rings is 1. The van der Waals surface area contributed by atoms with Gasteiger partial charge in [-0.05, 0) is 74.3 Å². The van der Waals surface area contributed by atoms with Crippen LogP contribution >= 0.6 is 11.6 Å². The summed E-state index contributed by atoms with van der Waals surface area (Å²) in [7, 11) is -3.47. The molecule has 0 aliphatic heterocycles. The minimum absolute atomic E-state index is 0.0369. The van der Waals surface area contributed by atoms with Crippen molar-refractivity contribution in [3.63, 3.8) is 0 Å². The van der Waals surface area contributed by atoms with Gasteiger partial charge in [0.15, 0.2) is 9.84 Å². The lowest BCUT2D eigenvalue weighted by atomic mass is 9.79. The molecule has 0 saturated heterocycles. The summed E-state index contributed by atoms with van der Waals surface area (Å²) in [5.74, 6) is -0.0449. The molecule has 0 radical (unpaired) electrons. The van der Waals surface area contributed by atoms with Gasteiger partial charge < -0.3 is 5.32 Å². The first-order chi connectivity index (χ1) is 14.7. The Labute approximate surface area is 187 Å². The number of rotatable bonds is 7. The third-order valence-corrected chi connectivity index (χ3v) is 7.35. The zero-order valence-electron chi connectivity index (χ0n) is 17.5. The number of aryl methyl sites for hydroxylation is 1. The summed E-state index contributed by atoms with van der Waals surface area (Å²) in [5, 5.41) is 6.11. The molecular formula is C22H26ClN3O4S. The van der Waals surface area contributed by atoms with E-state index in [1.807, 2.05) is 13.0 Å². The van der Waals surface area contributed by atoms with Gasteiger partial charge in [-0.25, -0.2) is 13.4 Å². The highest BCUT2D eigenvalue weighted by Crippen LogP contribution is 2.36. The van der Waals surface area contributed by atoms with Crippen LogP contribution in [0.3, 0.4) is 0 Å². The smallest absolute Gasteiger partial charge is 0.233 e. The van der Waals surface area contributed by atoms with Crippen LogP contribution in [0.5, 0.6) is 0 Å². The van der Waals surface area contributed by atoms with E-state index in [4.69, 9.17) is 11.6 Å². The van der Waals surface area contributed by atoms with Gasteiger partial charge in [0.25, 0.3) is 0 Å². The molecular weight excluding hydrogens is 438 g/mol. The molecule has 0 spiro atoms. The molecule has 2 aromatic rings. The SMILES string of the molecule is Cc1ccc(NC(=O)C(CC2CCC(N=O)CC2)c2ccc(S(C)(=O)=O)c(Cl)c2)nc1. The number of nitrogens with zero attached hydrogens (tertiary/aromatic N) is 2. The standard InChI is InChI=1S/C22H26ClN3O4S/c1-14-3-10-21(24-13-14)25-22(27)18(11-15-4-7-17(26-28)8-5-15)16-6-9-20(19(23)12-16)31(2,29)30/h3,6,9-10,12-13,15,17-18H,4-5,7-8,11H2,1-2H3,(H,24,25,27). The molecule has 1 unspecified atom stereocenters. The maximum atomic E-state index is 13.2. The van der Waals surface area contributed by atoms with E-state index in [1.54, 1.807) is 24.4 Å². The van der Waals surface area contributed by atoms with Gasteiger partial charge in [0.05, 0.1) is 21.9 Å². The van der Waals surface area contributed by atoms with Crippen LogP contribution in [0.2, 0.25) is 5.02 Å². The van der Waals surface area contributed by atoms with Crippen molar-refractivity contribution < 1.29 is 13.2 Å². The fourth-order valence-corrected chi connectivity index (χ4v) is 5.34. The number of carbonyl (C=O) groups is 1. The average Bonchev–Trinajstić information content (AvgIpc) is 2.73. The fraction of sp³-hybridized carbons (Fsp3) is 0.455. The molecule has 31 heavy (non-hydrogen) atoms. The van der Waals surface area contributed by atoms with E-state index < -0.39 is 15.8 Å². The highest BCUT2D eigenvalue weighted by Gasteiger charge is 2.29. The van der Waals surface area contributed by atoms with E-state index >= 15 is 0 Å². The summed E-state index contributed by atoms with van der Waals surface area (Å²) in [6.45, 7) is 1.91. The van der Waals surface area contributed by atoms with Gasteiger partial charge in [0, 0.05) is 12.5 Å². The molecule has 0 bridgehead atoms. The molecule has 166 valence electrons. The van der Waals surface area contributed by atoms with E-state index in [0.717, 1.165) is 37.5 Å². The first-order valence-corrected chi connectivity index (χ1v) is 12.5. The number of carbonyl (C=O) groups excluding carboxylic acids is 1. The quantitative estimate of drug-likeness (QED) is 0.588. The van der Waals surface area contributed by atoms with Gasteiger partial charge in [-0.1, -0.05) is 28.9 Å². The first kappa shape index (κ1) is 23.3. The lowest BCUT2D eigenvalue weighted by molar-refractivity contribution is -0.118. The van der Waals surface area contributed by atoms with Crippen LogP contribution in [-0.2, 0) is 14.6 Å². The van der Waals surface area contributed by atoms with E-state index in [1.165, 1.54) is 6.07 Å². The lowest BCUT2D eigenvalue weighted by Crippen LogP contribution is -2.26. The molecule has 1 amide bonds. The molecule has 1 aliphatic carbocycles. The van der Waals surface area contributed by atoms with Crippen LogP contribution in [0.1, 0.15) is 49.1 Å². The zero-order valence-corrected chi connectivity index (χ0v) is 19.1. The summed E-state index contributed by atoms with van der Waals surface area (Å²) in [6.07, 6.45) is 6.41. The Morgan fingerprint density at radius 3 is 2.48 bits per heavy atom. The van der Waals surface area contributed by atoms with Gasteiger partial charge in [0.2, 0.25) is 5.91 Å². The summed E-state index contributed by atoms with van der Waals surface area (Å²) in [6, 6.07) is 8.11. The molecule has 1 heterocycles. The Balaban J connectivity index is 1.86. The lowest BCUT2D eigenvalue weighted by Gasteiger charge is -2.28. The molecule has 1 aromatic carbocycles. The Bertz CT molecular complexity index is 1050. The second-order valence-corrected chi connectivity index (χ2v) is 10.6. The molecule has 9 heteroatoms. The van der Waals surface area contributed by atoms with E-state index in [-0.39, 0.29) is 27.8 Å². The number of anilines is 1. The second-order valence-electron chi connectivity index (χ2n) is 8.24. The van der Waals surface area contributed by atoms with Crippen molar-refractivity contribution in [3.05, 3.63) is 57.6 Å². The van der Waals surface area contributed by atoms with Crippen molar-refractivity contribution in [1.82, 2.24) is 4.98 Å². The molecule has 7 nitrogen and oxygen atoms in total. The van der Waals surface area contributed by atoms with Crippen LogP contribution in [0.15, 0.2) is 46.6 Å². The van der Waals surface area contributed by atoms with E-state index in [0.29, 0.717) is 17.8 Å². The molecule has 3 rings (SSSR count). The van der Waals surface area contributed by atoms with E-state index in [2.05, 4.69) is 15.5 Å². The van der Waals surface area contributed by atoms with Crippen molar-refractivity contribution in [3.8, 4) is 0 Å². The number of amides is 1. The number of halogens is 1. The monoisotopic (exact) mass is 463 g/mol. The van der Waals surface area contributed by atoms with Crippen LogP contribution in [-0.4, -0.2) is 31.6 Å². The highest BCUT2D eigenvalue weighted by atomic mass is 35.5. The normalized spacial score (nSPS) is 20.1. The first-order valence-electron chi connectivity index (χ1n) is 10.2. The Hall–Kier alpha value is -2.32. The number of aromatic nitrogens is 1. The van der Waals surface area contributed by atoms with Gasteiger partial charge >= 0.3 is 0 Å². The molecule has 1 N–H and O–H groups in total. The topological polar surface area (TPSA) is 106 Å². The zero-order chi connectivity index (χ0) is 22.6. The number of pyridine rings is 1. The highest BCUT2D eigenvalue weighted by molar-refractivity contribution is 7.90. The minimum Gasteiger partial charge on any atom is -0.310 e. The van der Waals surface area contributed by atoms with Crippen molar-refractivity contribution in [1.29, 1.82) is 0 Å². The number of sulfone groups is 1. The van der Waals surface area contributed by atoms with Gasteiger partial charge in [-0.2, -0.15) is 4.91 Å². The van der Waals surface area contributed by atoms with Crippen LogP contribution in [0, 0.1) is 17.7 Å². The van der Waals surface area contributed by atoms with Crippen molar-refractivity contribution in [2.75, 3.05) is 11.6 Å². The third-order valence-electron chi connectivity index (χ3n) is 5.77. The minimum atomic E-state index is -3.47. The fourth-order valence-electron chi connectivity index (χ4n) is 4.00. The number of nitroso groups, excluding NO2 is 1. The maximum absolute atomic E-state index is 13.2. The largest absolute Gasteiger partial charge is 0.310 e. The van der Waals surface area contributed by atoms with Crippen LogP contribution in [0.4, 0.5) is 5.82 Å². The predicted octanol–water partition coefficient (Wildman–Crippen LogP) is 4.88. The number of nitrogens with one attached hydrogen (secondary N) is 1. The molecule has 1 fully saturated rings. The summed E-state index contributed by atoms with van der Waals surface area (Å²) in [5.41, 5.74) is 1.64. The summed E-state index contributed by atoms with van der Waals surface area (Å²) in [4.78, 5) is 28.3. The molecule has 1 atom stereocenters. The molecule has 1 aromatic heterocycles. The Kier molecular flexibility index (Phi) is 7.43. The van der Waals surface area contributed by atoms with E-state index in [9.17, 15) is 18.1 Å². The number of hydrogen-bond donors (Lipinski definition) is 1. The Morgan fingerprint density at radius 2 is 1.94 bits per heavy atom. The van der Waals surface area contributed by atoms with Gasteiger partial charge in [0.1, 0.15) is 5.82 Å². The van der Waals surface area contributed by atoms with Crippen LogP contribution in [0.25, 0.3) is 0 Å². The van der Waals surface area contributed by atoms with Crippen molar-refractivity contribution >= 4 is 33.2 Å². The summed E-state index contributed by atoms with van der Waals surface area (Å²) >= 11 is 6.25. The van der Waals surface area contributed by atoms with Crippen LogP contribution < -0.4 is 5.32 Å². The maximum Gasteiger partial charge on any atom is 0.233 e. The second kappa shape index (κ2) is 9.87. The molecule has 1 saturated carbocycles. The molecule has 1 aliphatic rings. The van der Waals surface area contributed by atoms with Gasteiger partial charge in [-0.3, -0.25) is 4.79 Å². The summed E-state index contributed by atoms with van der Waals surface area (Å²) < 4.78 is 23.8. The van der Waals surface area contributed by atoms with Crippen molar-refractivity contribution in [2.24, 2.45) is 11.1 Å². The predicted molar refractivity (Wildman–Crippen MR) is 121 cm³/mol. The van der Waals surface area contributed by atoms with Gasteiger partial charge in [-0.15, -0.1) is 0 Å². The Morgan fingerprint density at radius 1 is 1.23 bits per heavy atom. The third kappa shape index (κ3) is 6.11. The number of hydrogen-bond acceptors (Lipinski definition) is 6.